The van der Waals surface area contributed by atoms with Gasteiger partial charge in [0, 0.05) is 39.3 Å². The zero-order chi connectivity index (χ0) is 23.5. The van der Waals surface area contributed by atoms with Crippen molar-refractivity contribution in [1.82, 2.24) is 9.21 Å². The summed E-state index contributed by atoms with van der Waals surface area (Å²) in [4.78, 5) is 16.5. The molecule has 1 aliphatic rings. The average molecular weight is 484 g/mol. The van der Waals surface area contributed by atoms with Gasteiger partial charge >= 0.3 is 0 Å². The van der Waals surface area contributed by atoms with Crippen molar-refractivity contribution in [3.8, 4) is 5.75 Å². The van der Waals surface area contributed by atoms with Gasteiger partial charge in [-0.2, -0.15) is 4.31 Å². The van der Waals surface area contributed by atoms with E-state index in [9.17, 15) is 17.6 Å². The van der Waals surface area contributed by atoms with Gasteiger partial charge in [-0.1, -0.05) is 31.5 Å². The van der Waals surface area contributed by atoms with Crippen LogP contribution in [-0.4, -0.2) is 69.9 Å². The monoisotopic (exact) mass is 483 g/mol. The maximum Gasteiger partial charge on any atom is 0.258 e. The van der Waals surface area contributed by atoms with E-state index < -0.39 is 21.7 Å². The molecule has 174 valence electrons. The molecule has 0 radical (unpaired) electrons. The molecule has 2 aromatic carbocycles. The Balaban J connectivity index is 1.82. The number of ether oxygens (including phenoxy) is 1. The van der Waals surface area contributed by atoms with Crippen molar-refractivity contribution >= 4 is 33.2 Å². The molecule has 1 amide bonds. The summed E-state index contributed by atoms with van der Waals surface area (Å²) in [6.07, 6.45) is 0. The predicted octanol–water partition coefficient (Wildman–Crippen LogP) is 3.48. The number of carbonyl (C=O) groups excluding carboxylic acids is 1. The highest BCUT2D eigenvalue weighted by Crippen LogP contribution is 2.33. The van der Waals surface area contributed by atoms with E-state index in [-0.39, 0.29) is 15.5 Å². The lowest BCUT2D eigenvalue weighted by atomic mass is 10.1. The van der Waals surface area contributed by atoms with Crippen LogP contribution in [0.5, 0.6) is 5.75 Å². The summed E-state index contributed by atoms with van der Waals surface area (Å²) in [6, 6.07) is 8.94. The van der Waals surface area contributed by atoms with E-state index in [1.807, 2.05) is 4.90 Å². The molecule has 3 rings (SSSR count). The minimum absolute atomic E-state index is 0.0772. The Morgan fingerprint density at radius 2 is 1.78 bits per heavy atom. The molecule has 0 unspecified atom stereocenters. The molecule has 0 aliphatic carbocycles. The molecule has 0 bridgehead atoms. The third-order valence-electron chi connectivity index (χ3n) is 5.58. The molecule has 0 aromatic heterocycles. The van der Waals surface area contributed by atoms with E-state index in [1.165, 1.54) is 35.7 Å². The van der Waals surface area contributed by atoms with Crippen LogP contribution in [0.4, 0.5) is 10.1 Å². The van der Waals surface area contributed by atoms with Gasteiger partial charge in [-0.05, 0) is 30.3 Å². The number of anilines is 1. The Morgan fingerprint density at radius 3 is 2.34 bits per heavy atom. The van der Waals surface area contributed by atoms with Crippen molar-refractivity contribution in [3.05, 3.63) is 52.8 Å². The maximum absolute atomic E-state index is 14.2. The molecule has 1 heterocycles. The quantitative estimate of drug-likeness (QED) is 0.603. The fourth-order valence-corrected chi connectivity index (χ4v) is 5.52. The first-order valence-electron chi connectivity index (χ1n) is 10.4. The molecule has 1 aliphatic heterocycles. The molecule has 32 heavy (non-hydrogen) atoms. The normalized spacial score (nSPS) is 14.7. The van der Waals surface area contributed by atoms with Gasteiger partial charge in [-0.25, -0.2) is 12.8 Å². The molecular formula is C22H27ClFN3O4S. The summed E-state index contributed by atoms with van der Waals surface area (Å²) in [6.45, 7) is 5.87. The van der Waals surface area contributed by atoms with E-state index in [1.54, 1.807) is 30.9 Å². The van der Waals surface area contributed by atoms with Crippen molar-refractivity contribution in [1.29, 1.82) is 0 Å². The van der Waals surface area contributed by atoms with Crippen LogP contribution in [0.2, 0.25) is 5.02 Å². The minimum atomic E-state index is -3.63. The lowest BCUT2D eigenvalue weighted by Gasteiger charge is -2.37. The Labute approximate surface area is 193 Å². The fourth-order valence-electron chi connectivity index (χ4n) is 3.80. The second-order valence-electron chi connectivity index (χ2n) is 7.30. The number of hydrogen-bond acceptors (Lipinski definition) is 5. The Morgan fingerprint density at radius 1 is 1.12 bits per heavy atom. The van der Waals surface area contributed by atoms with Crippen molar-refractivity contribution < 1.29 is 22.3 Å². The summed E-state index contributed by atoms with van der Waals surface area (Å²) in [5.74, 6) is -0.570. The zero-order valence-corrected chi connectivity index (χ0v) is 19.9. The maximum atomic E-state index is 14.2. The first kappa shape index (κ1) is 24.3. The highest BCUT2D eigenvalue weighted by Gasteiger charge is 2.29. The third kappa shape index (κ3) is 4.69. The van der Waals surface area contributed by atoms with Gasteiger partial charge < -0.3 is 14.5 Å². The third-order valence-corrected chi connectivity index (χ3v) is 7.94. The largest absolute Gasteiger partial charge is 0.495 e. The molecule has 7 nitrogen and oxygen atoms in total. The summed E-state index contributed by atoms with van der Waals surface area (Å²) >= 11 is 6.04. The highest BCUT2D eigenvalue weighted by atomic mass is 35.5. The van der Waals surface area contributed by atoms with Crippen molar-refractivity contribution in [3.63, 3.8) is 0 Å². The van der Waals surface area contributed by atoms with Gasteiger partial charge in [0.1, 0.15) is 11.6 Å². The zero-order valence-electron chi connectivity index (χ0n) is 18.3. The molecule has 1 saturated heterocycles. The summed E-state index contributed by atoms with van der Waals surface area (Å²) < 4.78 is 46.9. The molecule has 0 spiro atoms. The highest BCUT2D eigenvalue weighted by molar-refractivity contribution is 7.89. The first-order valence-corrected chi connectivity index (χ1v) is 12.2. The van der Waals surface area contributed by atoms with Gasteiger partial charge in [0.05, 0.1) is 28.3 Å². The molecule has 0 N–H and O–H groups in total. The topological polar surface area (TPSA) is 70.2 Å². The van der Waals surface area contributed by atoms with Crippen molar-refractivity contribution in [2.75, 3.05) is 51.3 Å². The number of nitrogens with zero attached hydrogens (tertiary/aromatic N) is 3. The van der Waals surface area contributed by atoms with Crippen LogP contribution in [0.15, 0.2) is 41.3 Å². The molecule has 0 atom stereocenters. The van der Waals surface area contributed by atoms with E-state index in [4.69, 9.17) is 16.3 Å². The average Bonchev–Trinajstić information content (AvgIpc) is 2.79. The first-order chi connectivity index (χ1) is 15.2. The number of carbonyl (C=O) groups is 1. The Bertz CT molecular complexity index is 1060. The molecule has 1 fully saturated rings. The van der Waals surface area contributed by atoms with Gasteiger partial charge in [-0.15, -0.1) is 0 Å². The van der Waals surface area contributed by atoms with Crippen LogP contribution >= 0.6 is 11.6 Å². The van der Waals surface area contributed by atoms with Gasteiger partial charge in [0.15, 0.2) is 0 Å². The lowest BCUT2D eigenvalue weighted by Crippen LogP contribution is -2.49. The van der Waals surface area contributed by atoms with E-state index in [0.717, 1.165) is 0 Å². The Hall–Kier alpha value is -2.36. The van der Waals surface area contributed by atoms with E-state index in [0.29, 0.717) is 50.7 Å². The smallest absolute Gasteiger partial charge is 0.258 e. The van der Waals surface area contributed by atoms with Crippen LogP contribution in [0.1, 0.15) is 24.2 Å². The number of sulfonamides is 1. The van der Waals surface area contributed by atoms with Crippen LogP contribution < -0.4 is 9.64 Å². The number of piperazine rings is 1. The number of methoxy groups -OCH3 is 1. The number of amides is 1. The van der Waals surface area contributed by atoms with E-state index >= 15 is 0 Å². The summed E-state index contributed by atoms with van der Waals surface area (Å²) in [7, 11) is -2.10. The Kier molecular flexibility index (Phi) is 7.63. The second kappa shape index (κ2) is 10.1. The number of halogens is 2. The lowest BCUT2D eigenvalue weighted by molar-refractivity contribution is 0.0742. The van der Waals surface area contributed by atoms with Crippen LogP contribution in [-0.2, 0) is 10.0 Å². The van der Waals surface area contributed by atoms with Crippen LogP contribution in [0.25, 0.3) is 0 Å². The summed E-state index contributed by atoms with van der Waals surface area (Å²) in [5, 5.41) is 0.0772. The standard InChI is InChI=1S/C22H27ClFN3O4S/c1-4-27(5-2)32(29,30)16-9-10-20(31-3)19(15-16)25-11-13-26(14-12-25)22(28)21-17(23)7-6-8-18(21)24/h6-10,15H,4-5,11-14H2,1-3H3. The van der Waals surface area contributed by atoms with Gasteiger partial charge in [0.25, 0.3) is 5.91 Å². The fraction of sp³-hybridized carbons (Fsp3) is 0.409. The molecule has 0 saturated carbocycles. The van der Waals surface area contributed by atoms with Crippen molar-refractivity contribution in [2.24, 2.45) is 0 Å². The van der Waals surface area contributed by atoms with E-state index in [2.05, 4.69) is 0 Å². The van der Waals surface area contributed by atoms with Crippen LogP contribution in [0.3, 0.4) is 0 Å². The number of hydrogen-bond donors (Lipinski definition) is 0. The van der Waals surface area contributed by atoms with Crippen molar-refractivity contribution in [2.45, 2.75) is 18.7 Å². The van der Waals surface area contributed by atoms with Gasteiger partial charge in [-0.3, -0.25) is 4.79 Å². The summed E-state index contributed by atoms with van der Waals surface area (Å²) in [5.41, 5.74) is 0.504. The van der Waals surface area contributed by atoms with Gasteiger partial charge in [0.2, 0.25) is 10.0 Å². The minimum Gasteiger partial charge on any atom is -0.495 e. The predicted molar refractivity (Wildman–Crippen MR) is 123 cm³/mol. The number of benzene rings is 2. The molecular weight excluding hydrogens is 457 g/mol. The SMILES string of the molecule is CCN(CC)S(=O)(=O)c1ccc(OC)c(N2CCN(C(=O)c3c(F)cccc3Cl)CC2)c1. The number of rotatable bonds is 7. The second-order valence-corrected chi connectivity index (χ2v) is 9.64. The molecule has 10 heteroatoms. The molecule has 2 aromatic rings. The van der Waals surface area contributed by atoms with Crippen LogP contribution in [0, 0.1) is 5.82 Å².